The summed E-state index contributed by atoms with van der Waals surface area (Å²) in [6, 6.07) is 0. The van der Waals surface area contributed by atoms with Crippen LogP contribution in [-0.4, -0.2) is 78.7 Å². The molecule has 0 aliphatic rings. The van der Waals surface area contributed by atoms with Crippen LogP contribution in [0.25, 0.3) is 0 Å². The van der Waals surface area contributed by atoms with Gasteiger partial charge in [0.15, 0.2) is 0 Å². The number of carbonyl (C=O) groups is 4. The standard InChI is InChI=1S/C30H57N3O6/c1-33(2,23-19-15-11-7-3-5-9-13-17-21-27(34)31-25-29(36)37)24-20-16-12-8-4-6-10-14-18-22-28(35)32-26-30(38)39/h3-26H2,1-2H3,(H3-,31,32,34,35,36,37,38,39)/p+1. The molecule has 0 spiro atoms. The lowest BCUT2D eigenvalue weighted by Crippen LogP contribution is -2.41. The van der Waals surface area contributed by atoms with Crippen molar-refractivity contribution in [3.05, 3.63) is 0 Å². The van der Waals surface area contributed by atoms with E-state index in [-0.39, 0.29) is 24.9 Å². The quantitative estimate of drug-likeness (QED) is 0.0767. The molecule has 39 heavy (non-hydrogen) atoms. The van der Waals surface area contributed by atoms with Crippen molar-refractivity contribution in [2.45, 2.75) is 128 Å². The first-order valence-corrected chi connectivity index (χ1v) is 15.4. The molecule has 0 radical (unpaired) electrons. The Hall–Kier alpha value is -2.16. The second kappa shape index (κ2) is 24.9. The fourth-order valence-electron chi connectivity index (χ4n) is 4.76. The summed E-state index contributed by atoms with van der Waals surface area (Å²) in [5.74, 6) is -2.34. The predicted octanol–water partition coefficient (Wildman–Crippen LogP) is 5.27. The first-order valence-electron chi connectivity index (χ1n) is 15.4. The topological polar surface area (TPSA) is 133 Å². The summed E-state index contributed by atoms with van der Waals surface area (Å²) in [6.45, 7) is 1.92. The minimum Gasteiger partial charge on any atom is -0.480 e. The van der Waals surface area contributed by atoms with E-state index in [0.29, 0.717) is 12.8 Å². The number of unbranched alkanes of at least 4 members (excludes halogenated alkanes) is 16. The molecule has 0 saturated heterocycles. The molecule has 0 aromatic rings. The molecule has 0 unspecified atom stereocenters. The van der Waals surface area contributed by atoms with Gasteiger partial charge in [-0.2, -0.15) is 0 Å². The molecule has 0 saturated carbocycles. The van der Waals surface area contributed by atoms with Crippen LogP contribution in [0.2, 0.25) is 0 Å². The van der Waals surface area contributed by atoms with Crippen molar-refractivity contribution in [3.8, 4) is 0 Å². The number of nitrogens with one attached hydrogen (secondary N) is 2. The van der Waals surface area contributed by atoms with Gasteiger partial charge in [0.25, 0.3) is 0 Å². The van der Waals surface area contributed by atoms with Crippen molar-refractivity contribution in [2.24, 2.45) is 0 Å². The van der Waals surface area contributed by atoms with Gasteiger partial charge in [-0.1, -0.05) is 77.0 Å². The number of quaternary nitrogens is 1. The van der Waals surface area contributed by atoms with Crippen LogP contribution in [0.1, 0.15) is 128 Å². The Morgan fingerprint density at radius 1 is 0.462 bits per heavy atom. The summed E-state index contributed by atoms with van der Waals surface area (Å²) in [5, 5.41) is 21.9. The molecule has 0 rings (SSSR count). The van der Waals surface area contributed by atoms with Gasteiger partial charge in [0.1, 0.15) is 13.1 Å². The van der Waals surface area contributed by atoms with E-state index in [1.54, 1.807) is 0 Å². The van der Waals surface area contributed by atoms with Crippen LogP contribution < -0.4 is 10.6 Å². The molecule has 0 aromatic carbocycles. The highest BCUT2D eigenvalue weighted by Gasteiger charge is 2.13. The summed E-state index contributed by atoms with van der Waals surface area (Å²) >= 11 is 0. The molecule has 0 aromatic heterocycles. The van der Waals surface area contributed by atoms with Crippen LogP contribution in [-0.2, 0) is 19.2 Å². The molecule has 0 atom stereocenters. The number of nitrogens with zero attached hydrogens (tertiary/aromatic N) is 1. The third-order valence-electron chi connectivity index (χ3n) is 7.21. The molecule has 0 aliphatic heterocycles. The van der Waals surface area contributed by atoms with E-state index < -0.39 is 11.9 Å². The molecule has 0 fully saturated rings. The van der Waals surface area contributed by atoms with E-state index in [9.17, 15) is 19.2 Å². The first-order chi connectivity index (χ1) is 18.6. The average Bonchev–Trinajstić information content (AvgIpc) is 2.87. The minimum absolute atomic E-state index is 0.166. The zero-order valence-corrected chi connectivity index (χ0v) is 24.9. The number of carbonyl (C=O) groups excluding carboxylic acids is 2. The molecule has 9 nitrogen and oxygen atoms in total. The second-order valence-electron chi connectivity index (χ2n) is 11.6. The molecule has 2 amide bonds. The summed E-state index contributed by atoms with van der Waals surface area (Å²) in [4.78, 5) is 43.7. The van der Waals surface area contributed by atoms with Gasteiger partial charge in [0, 0.05) is 12.8 Å². The summed E-state index contributed by atoms with van der Waals surface area (Å²) < 4.78 is 1.11. The molecule has 9 heteroatoms. The minimum atomic E-state index is -1.00. The SMILES string of the molecule is C[N+](C)(CCCCCCCCCCCC(=O)NCC(=O)O)CCCCCCCCCCCC(=O)NCC(=O)O. The number of amides is 2. The number of aliphatic carboxylic acids is 2. The maximum absolute atomic E-state index is 11.4. The average molecular weight is 557 g/mol. The zero-order chi connectivity index (χ0) is 29.2. The van der Waals surface area contributed by atoms with Crippen LogP contribution in [0.3, 0.4) is 0 Å². The lowest BCUT2D eigenvalue weighted by Gasteiger charge is -2.30. The third-order valence-corrected chi connectivity index (χ3v) is 7.21. The summed E-state index contributed by atoms with van der Waals surface area (Å²) in [5.41, 5.74) is 0. The van der Waals surface area contributed by atoms with E-state index in [2.05, 4.69) is 24.7 Å². The van der Waals surface area contributed by atoms with Gasteiger partial charge >= 0.3 is 11.9 Å². The Balaban J connectivity index is 3.41. The Bertz CT molecular complexity index is 615. The second-order valence-corrected chi connectivity index (χ2v) is 11.6. The first kappa shape index (κ1) is 36.8. The number of hydrogen-bond donors (Lipinski definition) is 4. The highest BCUT2D eigenvalue weighted by molar-refractivity contribution is 5.81. The fraction of sp³-hybridized carbons (Fsp3) is 0.867. The fourth-order valence-corrected chi connectivity index (χ4v) is 4.76. The van der Waals surface area contributed by atoms with Gasteiger partial charge in [-0.25, -0.2) is 0 Å². The molecular formula is C30H58N3O6+. The van der Waals surface area contributed by atoms with Crippen LogP contribution in [0.4, 0.5) is 0 Å². The van der Waals surface area contributed by atoms with Crippen molar-refractivity contribution in [3.63, 3.8) is 0 Å². The lowest BCUT2D eigenvalue weighted by atomic mass is 10.1. The van der Waals surface area contributed by atoms with Gasteiger partial charge in [0.2, 0.25) is 11.8 Å². The molecule has 4 N–H and O–H groups in total. The van der Waals surface area contributed by atoms with Crippen molar-refractivity contribution in [1.82, 2.24) is 10.6 Å². The Kier molecular flexibility index (Phi) is 23.5. The summed E-state index contributed by atoms with van der Waals surface area (Å²) in [7, 11) is 4.70. The molecule has 0 bridgehead atoms. The maximum atomic E-state index is 11.4. The van der Waals surface area contributed by atoms with Gasteiger partial charge in [-0.3, -0.25) is 19.2 Å². The molecule has 228 valence electrons. The number of carboxylic acids is 2. The van der Waals surface area contributed by atoms with Crippen molar-refractivity contribution in [1.29, 1.82) is 0 Å². The highest BCUT2D eigenvalue weighted by Crippen LogP contribution is 2.14. The highest BCUT2D eigenvalue weighted by atomic mass is 16.4. The Labute approximate surface area is 237 Å². The van der Waals surface area contributed by atoms with Gasteiger partial charge in [-0.05, 0) is 38.5 Å². The van der Waals surface area contributed by atoms with Crippen molar-refractivity contribution < 1.29 is 33.9 Å². The monoisotopic (exact) mass is 556 g/mol. The van der Waals surface area contributed by atoms with Crippen LogP contribution in [0.15, 0.2) is 0 Å². The van der Waals surface area contributed by atoms with Gasteiger partial charge in [-0.15, -0.1) is 0 Å². The van der Waals surface area contributed by atoms with Crippen molar-refractivity contribution >= 4 is 23.8 Å². The Morgan fingerprint density at radius 3 is 1.00 bits per heavy atom. The van der Waals surface area contributed by atoms with Crippen molar-refractivity contribution in [2.75, 3.05) is 40.3 Å². The van der Waals surface area contributed by atoms with E-state index >= 15 is 0 Å². The van der Waals surface area contributed by atoms with Crippen LogP contribution >= 0.6 is 0 Å². The molecular weight excluding hydrogens is 498 g/mol. The smallest absolute Gasteiger partial charge is 0.322 e. The number of hydrogen-bond acceptors (Lipinski definition) is 4. The predicted molar refractivity (Wildman–Crippen MR) is 155 cm³/mol. The lowest BCUT2D eigenvalue weighted by molar-refractivity contribution is -0.890. The normalized spacial score (nSPS) is 11.3. The van der Waals surface area contributed by atoms with Gasteiger partial charge in [0.05, 0.1) is 27.2 Å². The molecule has 0 heterocycles. The number of carboxylic acid groups (broad SMARTS) is 2. The van der Waals surface area contributed by atoms with E-state index in [4.69, 9.17) is 10.2 Å². The maximum Gasteiger partial charge on any atom is 0.322 e. The number of rotatable bonds is 28. The van der Waals surface area contributed by atoms with Crippen LogP contribution in [0, 0.1) is 0 Å². The van der Waals surface area contributed by atoms with E-state index in [1.165, 1.54) is 90.1 Å². The third kappa shape index (κ3) is 28.7. The summed E-state index contributed by atoms with van der Waals surface area (Å²) in [6.07, 6.45) is 22.2. The Morgan fingerprint density at radius 2 is 0.718 bits per heavy atom. The van der Waals surface area contributed by atoms with Crippen LogP contribution in [0.5, 0.6) is 0 Å². The van der Waals surface area contributed by atoms with Gasteiger partial charge < -0.3 is 25.3 Å². The zero-order valence-electron chi connectivity index (χ0n) is 24.9. The van der Waals surface area contributed by atoms with E-state index in [0.717, 1.165) is 43.0 Å². The van der Waals surface area contributed by atoms with E-state index in [1.807, 2.05) is 0 Å². The molecule has 0 aliphatic carbocycles. The largest absolute Gasteiger partial charge is 0.480 e.